The third-order valence-corrected chi connectivity index (χ3v) is 5.32. The molecule has 0 aromatic heterocycles. The molecule has 2 aromatic carbocycles. The molecule has 3 rings (SSSR count). The van der Waals surface area contributed by atoms with E-state index in [4.69, 9.17) is 11.6 Å². The van der Waals surface area contributed by atoms with Gasteiger partial charge in [-0.25, -0.2) is 0 Å². The Kier molecular flexibility index (Phi) is 6.62. The van der Waals surface area contributed by atoms with Crippen LogP contribution in [0.25, 0.3) is 0 Å². The minimum Gasteiger partial charge on any atom is -0.352 e. The average molecular weight is 411 g/mol. The van der Waals surface area contributed by atoms with Crippen LogP contribution in [0, 0.1) is 5.92 Å². The van der Waals surface area contributed by atoms with E-state index < -0.39 is 11.7 Å². The lowest BCUT2D eigenvalue weighted by Gasteiger charge is -2.32. The van der Waals surface area contributed by atoms with Crippen LogP contribution in [-0.4, -0.2) is 23.9 Å². The van der Waals surface area contributed by atoms with Crippen molar-refractivity contribution in [3.8, 4) is 0 Å². The predicted molar refractivity (Wildman–Crippen MR) is 103 cm³/mol. The highest BCUT2D eigenvalue weighted by atomic mass is 35.5. The molecule has 1 N–H and O–H groups in total. The fraction of sp³-hybridized carbons (Fsp3) is 0.381. The molecule has 2 aromatic rings. The van der Waals surface area contributed by atoms with Crippen molar-refractivity contribution in [2.45, 2.75) is 32.1 Å². The van der Waals surface area contributed by atoms with E-state index in [-0.39, 0.29) is 18.4 Å². The quantitative estimate of drug-likeness (QED) is 0.761. The Morgan fingerprint density at radius 2 is 1.96 bits per heavy atom. The number of likely N-dealkylation sites (tertiary alicyclic amines) is 1. The largest absolute Gasteiger partial charge is 0.416 e. The molecule has 1 amide bonds. The lowest BCUT2D eigenvalue weighted by Crippen LogP contribution is -2.42. The van der Waals surface area contributed by atoms with Gasteiger partial charge in [-0.1, -0.05) is 41.9 Å². The maximum Gasteiger partial charge on any atom is 0.416 e. The van der Waals surface area contributed by atoms with Crippen LogP contribution in [-0.2, 0) is 24.1 Å². The van der Waals surface area contributed by atoms with Crippen LogP contribution in [0.15, 0.2) is 48.5 Å². The molecule has 28 heavy (non-hydrogen) atoms. The van der Waals surface area contributed by atoms with Gasteiger partial charge in [0.05, 0.1) is 11.5 Å². The van der Waals surface area contributed by atoms with Crippen molar-refractivity contribution in [3.05, 3.63) is 70.2 Å². The van der Waals surface area contributed by atoms with Crippen molar-refractivity contribution in [2.24, 2.45) is 5.92 Å². The van der Waals surface area contributed by atoms with E-state index in [1.807, 2.05) is 24.3 Å². The van der Waals surface area contributed by atoms with E-state index in [0.29, 0.717) is 23.7 Å². The first-order valence-electron chi connectivity index (χ1n) is 9.22. The molecule has 0 unspecified atom stereocenters. The monoisotopic (exact) mass is 410 g/mol. The molecule has 7 heteroatoms. The van der Waals surface area contributed by atoms with Gasteiger partial charge in [0.15, 0.2) is 0 Å². The Morgan fingerprint density at radius 1 is 1.18 bits per heavy atom. The Bertz CT molecular complexity index is 825. The molecule has 0 saturated carbocycles. The minimum absolute atomic E-state index is 0.0871. The first-order valence-corrected chi connectivity index (χ1v) is 9.60. The molecule has 1 saturated heterocycles. The highest BCUT2D eigenvalue weighted by Crippen LogP contribution is 2.29. The smallest absolute Gasteiger partial charge is 0.352 e. The number of hydrogen-bond donors (Lipinski definition) is 1. The molecule has 1 atom stereocenters. The lowest BCUT2D eigenvalue weighted by molar-refractivity contribution is -0.137. The van der Waals surface area contributed by atoms with Crippen molar-refractivity contribution in [2.75, 3.05) is 13.1 Å². The zero-order valence-electron chi connectivity index (χ0n) is 15.3. The summed E-state index contributed by atoms with van der Waals surface area (Å²) in [5.41, 5.74) is 0.754. The number of piperidine rings is 1. The highest BCUT2D eigenvalue weighted by molar-refractivity contribution is 6.31. The van der Waals surface area contributed by atoms with Gasteiger partial charge in [0.25, 0.3) is 0 Å². The fourth-order valence-corrected chi connectivity index (χ4v) is 3.67. The normalized spacial score (nSPS) is 18.1. The SMILES string of the molecule is O=C(NCc1cccc(C(F)(F)F)c1)[C@@H]1CCCN(Cc2ccccc2Cl)C1. The number of amides is 1. The van der Waals surface area contributed by atoms with E-state index in [1.54, 1.807) is 6.07 Å². The molecule has 0 aliphatic carbocycles. The molecular weight excluding hydrogens is 389 g/mol. The number of benzene rings is 2. The van der Waals surface area contributed by atoms with E-state index in [0.717, 1.165) is 37.1 Å². The Labute approximate surface area is 167 Å². The highest BCUT2D eigenvalue weighted by Gasteiger charge is 2.30. The summed E-state index contributed by atoms with van der Waals surface area (Å²) >= 11 is 6.22. The van der Waals surface area contributed by atoms with E-state index in [1.165, 1.54) is 6.07 Å². The number of carbonyl (C=O) groups is 1. The van der Waals surface area contributed by atoms with Gasteiger partial charge >= 0.3 is 6.18 Å². The molecule has 1 fully saturated rings. The first kappa shape index (κ1) is 20.7. The summed E-state index contributed by atoms with van der Waals surface area (Å²) in [5, 5.41) is 3.49. The maximum atomic E-state index is 12.8. The second-order valence-corrected chi connectivity index (χ2v) is 7.49. The third-order valence-electron chi connectivity index (χ3n) is 4.95. The van der Waals surface area contributed by atoms with Gasteiger partial charge in [0, 0.05) is 24.7 Å². The van der Waals surface area contributed by atoms with Gasteiger partial charge in [-0.15, -0.1) is 0 Å². The van der Waals surface area contributed by atoms with Crippen molar-refractivity contribution >= 4 is 17.5 Å². The van der Waals surface area contributed by atoms with Gasteiger partial charge in [0.1, 0.15) is 0 Å². The predicted octanol–water partition coefficient (Wildman–Crippen LogP) is 4.89. The second-order valence-electron chi connectivity index (χ2n) is 7.08. The number of rotatable bonds is 5. The molecule has 0 radical (unpaired) electrons. The van der Waals surface area contributed by atoms with Crippen LogP contribution in [0.5, 0.6) is 0 Å². The molecular formula is C21H22ClF3N2O. The summed E-state index contributed by atoms with van der Waals surface area (Å²) in [4.78, 5) is 14.7. The third kappa shape index (κ3) is 5.49. The zero-order chi connectivity index (χ0) is 20.1. The number of nitrogens with one attached hydrogen (secondary N) is 1. The molecule has 1 aliphatic heterocycles. The number of alkyl halides is 3. The molecule has 1 heterocycles. The number of nitrogens with zero attached hydrogens (tertiary/aromatic N) is 1. The van der Waals surface area contributed by atoms with Gasteiger partial charge in [-0.05, 0) is 48.7 Å². The molecule has 0 spiro atoms. The lowest BCUT2D eigenvalue weighted by atomic mass is 9.96. The molecule has 1 aliphatic rings. The Morgan fingerprint density at radius 3 is 2.71 bits per heavy atom. The van der Waals surface area contributed by atoms with E-state index in [9.17, 15) is 18.0 Å². The van der Waals surface area contributed by atoms with Crippen LogP contribution in [0.1, 0.15) is 29.5 Å². The Hall–Kier alpha value is -2.05. The summed E-state index contributed by atoms with van der Waals surface area (Å²) in [6, 6.07) is 12.7. The summed E-state index contributed by atoms with van der Waals surface area (Å²) in [6.07, 6.45) is -2.72. The second kappa shape index (κ2) is 8.97. The van der Waals surface area contributed by atoms with Crippen LogP contribution in [0.4, 0.5) is 13.2 Å². The van der Waals surface area contributed by atoms with Crippen molar-refractivity contribution < 1.29 is 18.0 Å². The van der Waals surface area contributed by atoms with Crippen molar-refractivity contribution in [3.63, 3.8) is 0 Å². The number of hydrogen-bond acceptors (Lipinski definition) is 2. The standard InChI is InChI=1S/C21H22ClF3N2O/c22-19-9-2-1-6-16(19)13-27-10-4-7-17(14-27)20(28)26-12-15-5-3-8-18(11-15)21(23,24)25/h1-3,5-6,8-9,11,17H,4,7,10,12-14H2,(H,26,28)/t17-/m1/s1. The summed E-state index contributed by atoms with van der Waals surface area (Å²) in [6.45, 7) is 2.27. The summed E-state index contributed by atoms with van der Waals surface area (Å²) < 4.78 is 38.4. The average Bonchev–Trinajstić information content (AvgIpc) is 2.68. The number of carbonyl (C=O) groups excluding carboxylic acids is 1. The van der Waals surface area contributed by atoms with Gasteiger partial charge in [-0.2, -0.15) is 13.2 Å². The van der Waals surface area contributed by atoms with Crippen LogP contribution < -0.4 is 5.32 Å². The van der Waals surface area contributed by atoms with Gasteiger partial charge in [-0.3, -0.25) is 9.69 Å². The summed E-state index contributed by atoms with van der Waals surface area (Å²) in [5.74, 6) is -0.302. The Balaban J connectivity index is 1.55. The van der Waals surface area contributed by atoms with Crippen molar-refractivity contribution in [1.29, 1.82) is 0 Å². The number of halogens is 4. The van der Waals surface area contributed by atoms with Crippen molar-refractivity contribution in [1.82, 2.24) is 10.2 Å². The van der Waals surface area contributed by atoms with E-state index >= 15 is 0 Å². The summed E-state index contributed by atoms with van der Waals surface area (Å²) in [7, 11) is 0. The molecule has 0 bridgehead atoms. The fourth-order valence-electron chi connectivity index (χ4n) is 3.47. The molecule has 3 nitrogen and oxygen atoms in total. The molecule has 150 valence electrons. The van der Waals surface area contributed by atoms with Gasteiger partial charge < -0.3 is 5.32 Å². The topological polar surface area (TPSA) is 32.3 Å². The van der Waals surface area contributed by atoms with Gasteiger partial charge in [0.2, 0.25) is 5.91 Å². The van der Waals surface area contributed by atoms with E-state index in [2.05, 4.69) is 10.2 Å². The zero-order valence-corrected chi connectivity index (χ0v) is 16.1. The van der Waals surface area contributed by atoms with Crippen LogP contribution in [0.3, 0.4) is 0 Å². The minimum atomic E-state index is -4.39. The van der Waals surface area contributed by atoms with Crippen LogP contribution in [0.2, 0.25) is 5.02 Å². The maximum absolute atomic E-state index is 12.8. The first-order chi connectivity index (χ1) is 13.3. The van der Waals surface area contributed by atoms with Crippen LogP contribution >= 0.6 is 11.6 Å².